The van der Waals surface area contributed by atoms with Gasteiger partial charge in [0.1, 0.15) is 0 Å². The van der Waals surface area contributed by atoms with Crippen LogP contribution in [0, 0.1) is 0 Å². The summed E-state index contributed by atoms with van der Waals surface area (Å²) < 4.78 is 1.60. The number of aromatic nitrogens is 2. The lowest BCUT2D eigenvalue weighted by Gasteiger charge is -2.16. The van der Waals surface area contributed by atoms with Crippen LogP contribution in [0.3, 0.4) is 0 Å². The van der Waals surface area contributed by atoms with Crippen molar-refractivity contribution in [3.05, 3.63) is 82.6 Å². The SMILES string of the molecule is CN(Cc1cccc(C(N)=O)c1)C(=O)c1cnn(-c2cccc(Cl)c2)c1. The van der Waals surface area contributed by atoms with Crippen LogP contribution in [-0.2, 0) is 6.54 Å². The van der Waals surface area contributed by atoms with Crippen LogP contribution >= 0.6 is 11.6 Å². The van der Waals surface area contributed by atoms with Gasteiger partial charge in [0.05, 0.1) is 17.4 Å². The zero-order chi connectivity index (χ0) is 18.7. The van der Waals surface area contributed by atoms with Crippen molar-refractivity contribution >= 4 is 23.4 Å². The Balaban J connectivity index is 1.75. The van der Waals surface area contributed by atoms with E-state index in [0.717, 1.165) is 11.3 Å². The first-order chi connectivity index (χ1) is 12.4. The number of carbonyl (C=O) groups excluding carboxylic acids is 2. The Hall–Kier alpha value is -3.12. The topological polar surface area (TPSA) is 81.2 Å². The van der Waals surface area contributed by atoms with Gasteiger partial charge in [-0.2, -0.15) is 5.10 Å². The Bertz CT molecular complexity index is 967. The Morgan fingerprint density at radius 2 is 1.92 bits per heavy atom. The maximum atomic E-state index is 12.6. The number of rotatable bonds is 5. The third-order valence-electron chi connectivity index (χ3n) is 3.88. The van der Waals surface area contributed by atoms with Crippen LogP contribution < -0.4 is 5.73 Å². The fourth-order valence-electron chi connectivity index (χ4n) is 2.58. The highest BCUT2D eigenvalue weighted by Crippen LogP contribution is 2.16. The molecule has 6 nitrogen and oxygen atoms in total. The summed E-state index contributed by atoms with van der Waals surface area (Å²) in [5.41, 5.74) is 7.75. The molecule has 132 valence electrons. The molecule has 0 radical (unpaired) electrons. The van der Waals surface area contributed by atoms with Crippen LogP contribution in [0.4, 0.5) is 0 Å². The van der Waals surface area contributed by atoms with Gasteiger partial charge in [-0.05, 0) is 35.9 Å². The normalized spacial score (nSPS) is 10.5. The number of nitrogens with two attached hydrogens (primary N) is 1. The molecule has 0 saturated carbocycles. The third kappa shape index (κ3) is 3.92. The van der Waals surface area contributed by atoms with Gasteiger partial charge >= 0.3 is 0 Å². The molecule has 3 aromatic rings. The van der Waals surface area contributed by atoms with Crippen LogP contribution in [0.5, 0.6) is 0 Å². The largest absolute Gasteiger partial charge is 0.366 e. The van der Waals surface area contributed by atoms with Crippen LogP contribution in [-0.4, -0.2) is 33.5 Å². The monoisotopic (exact) mass is 368 g/mol. The van der Waals surface area contributed by atoms with Gasteiger partial charge in [0, 0.05) is 30.4 Å². The van der Waals surface area contributed by atoms with E-state index in [9.17, 15) is 9.59 Å². The van der Waals surface area contributed by atoms with Gasteiger partial charge in [-0.15, -0.1) is 0 Å². The number of hydrogen-bond donors (Lipinski definition) is 1. The number of benzene rings is 2. The van der Waals surface area contributed by atoms with Crippen molar-refractivity contribution in [2.45, 2.75) is 6.54 Å². The standard InChI is InChI=1S/C19H17ClN4O2/c1-23(11-13-4-2-5-14(8-13)18(21)25)19(26)15-10-22-24(12-15)17-7-3-6-16(20)9-17/h2-10,12H,11H2,1H3,(H2,21,25). The predicted octanol–water partition coefficient (Wildman–Crippen LogP) is 2.90. The van der Waals surface area contributed by atoms with E-state index in [2.05, 4.69) is 5.10 Å². The van der Waals surface area contributed by atoms with Crippen molar-refractivity contribution in [2.24, 2.45) is 5.73 Å². The van der Waals surface area contributed by atoms with E-state index in [1.54, 1.807) is 53.2 Å². The van der Waals surface area contributed by atoms with E-state index < -0.39 is 5.91 Å². The summed E-state index contributed by atoms with van der Waals surface area (Å²) in [6.45, 7) is 0.350. The molecule has 0 spiro atoms. The van der Waals surface area contributed by atoms with E-state index >= 15 is 0 Å². The van der Waals surface area contributed by atoms with Gasteiger partial charge in [-0.1, -0.05) is 29.8 Å². The van der Waals surface area contributed by atoms with Crippen molar-refractivity contribution < 1.29 is 9.59 Å². The van der Waals surface area contributed by atoms with Crippen LogP contribution in [0.15, 0.2) is 60.9 Å². The smallest absolute Gasteiger partial charge is 0.257 e. The summed E-state index contributed by atoms with van der Waals surface area (Å²) in [4.78, 5) is 25.5. The summed E-state index contributed by atoms with van der Waals surface area (Å²) in [6, 6.07) is 14.1. The molecule has 1 heterocycles. The molecule has 0 fully saturated rings. The number of primary amides is 1. The summed E-state index contributed by atoms with van der Waals surface area (Å²) in [7, 11) is 1.69. The second-order valence-electron chi connectivity index (χ2n) is 5.88. The number of hydrogen-bond acceptors (Lipinski definition) is 3. The predicted molar refractivity (Wildman–Crippen MR) is 99.3 cm³/mol. The summed E-state index contributed by atoms with van der Waals surface area (Å²) in [6.07, 6.45) is 3.17. The maximum absolute atomic E-state index is 12.6. The molecule has 2 amide bonds. The van der Waals surface area contributed by atoms with Gasteiger partial charge < -0.3 is 10.6 Å². The Kier molecular flexibility index (Phi) is 5.04. The van der Waals surface area contributed by atoms with Crippen LogP contribution in [0.25, 0.3) is 5.69 Å². The minimum absolute atomic E-state index is 0.178. The quantitative estimate of drug-likeness (QED) is 0.751. The summed E-state index contributed by atoms with van der Waals surface area (Å²) in [5, 5.41) is 4.82. The first kappa shape index (κ1) is 17.7. The minimum atomic E-state index is -0.497. The second kappa shape index (κ2) is 7.41. The molecular weight excluding hydrogens is 352 g/mol. The molecule has 0 atom stereocenters. The molecule has 2 N–H and O–H groups in total. The highest BCUT2D eigenvalue weighted by Gasteiger charge is 2.15. The van der Waals surface area contributed by atoms with Crippen molar-refractivity contribution in [3.8, 4) is 5.69 Å². The fourth-order valence-corrected chi connectivity index (χ4v) is 2.77. The molecule has 0 aliphatic heterocycles. The fraction of sp³-hybridized carbons (Fsp3) is 0.105. The first-order valence-electron chi connectivity index (χ1n) is 7.89. The molecule has 1 aromatic heterocycles. The number of carbonyl (C=O) groups is 2. The molecule has 0 unspecified atom stereocenters. The van der Waals surface area contributed by atoms with E-state index in [-0.39, 0.29) is 5.91 Å². The molecule has 0 bridgehead atoms. The molecule has 3 rings (SSSR count). The van der Waals surface area contributed by atoms with E-state index in [0.29, 0.717) is 22.7 Å². The molecule has 0 saturated heterocycles. The molecule has 2 aromatic carbocycles. The van der Waals surface area contributed by atoms with Gasteiger partial charge in [0.25, 0.3) is 5.91 Å². The molecule has 26 heavy (non-hydrogen) atoms. The minimum Gasteiger partial charge on any atom is -0.366 e. The lowest BCUT2D eigenvalue weighted by molar-refractivity contribution is 0.0785. The van der Waals surface area contributed by atoms with E-state index in [1.165, 1.54) is 6.20 Å². The van der Waals surface area contributed by atoms with Crippen LogP contribution in [0.1, 0.15) is 26.3 Å². The number of amides is 2. The lowest BCUT2D eigenvalue weighted by Crippen LogP contribution is -2.26. The number of halogens is 1. The van der Waals surface area contributed by atoms with Crippen molar-refractivity contribution in [2.75, 3.05) is 7.05 Å². The molecule has 0 aliphatic rings. The second-order valence-corrected chi connectivity index (χ2v) is 6.32. The zero-order valence-electron chi connectivity index (χ0n) is 14.1. The van der Waals surface area contributed by atoms with E-state index in [1.807, 2.05) is 18.2 Å². The highest BCUT2D eigenvalue weighted by atomic mass is 35.5. The first-order valence-corrected chi connectivity index (χ1v) is 8.26. The molecular formula is C19H17ClN4O2. The Labute approximate surface area is 155 Å². The summed E-state index contributed by atoms with van der Waals surface area (Å²) >= 11 is 5.99. The van der Waals surface area contributed by atoms with Gasteiger partial charge in [0.15, 0.2) is 0 Å². The average Bonchev–Trinajstić information content (AvgIpc) is 3.11. The van der Waals surface area contributed by atoms with Gasteiger partial charge in [0.2, 0.25) is 5.91 Å². The average molecular weight is 369 g/mol. The zero-order valence-corrected chi connectivity index (χ0v) is 14.8. The van der Waals surface area contributed by atoms with Gasteiger partial charge in [-0.25, -0.2) is 4.68 Å². The summed E-state index contributed by atoms with van der Waals surface area (Å²) in [5.74, 6) is -0.675. The van der Waals surface area contributed by atoms with Crippen molar-refractivity contribution in [1.82, 2.24) is 14.7 Å². The van der Waals surface area contributed by atoms with Gasteiger partial charge in [-0.3, -0.25) is 9.59 Å². The highest BCUT2D eigenvalue weighted by molar-refractivity contribution is 6.30. The third-order valence-corrected chi connectivity index (χ3v) is 4.12. The molecule has 7 heteroatoms. The number of nitrogens with zero attached hydrogens (tertiary/aromatic N) is 3. The maximum Gasteiger partial charge on any atom is 0.257 e. The van der Waals surface area contributed by atoms with E-state index in [4.69, 9.17) is 17.3 Å². The Morgan fingerprint density at radius 1 is 1.15 bits per heavy atom. The Morgan fingerprint density at radius 3 is 2.65 bits per heavy atom. The van der Waals surface area contributed by atoms with Crippen molar-refractivity contribution in [1.29, 1.82) is 0 Å². The molecule has 0 aliphatic carbocycles. The van der Waals surface area contributed by atoms with Crippen LogP contribution in [0.2, 0.25) is 5.02 Å². The lowest BCUT2D eigenvalue weighted by atomic mass is 10.1. The van der Waals surface area contributed by atoms with Crippen molar-refractivity contribution in [3.63, 3.8) is 0 Å².